The van der Waals surface area contributed by atoms with Crippen molar-refractivity contribution in [3.8, 4) is 0 Å². The molecule has 1 fully saturated rings. The molecule has 1 unspecified atom stereocenters. The molecule has 8 heteroatoms. The van der Waals surface area contributed by atoms with Crippen LogP contribution in [-0.4, -0.2) is 38.2 Å². The predicted octanol–water partition coefficient (Wildman–Crippen LogP) is 1.74. The maximum Gasteiger partial charge on any atom is 0.335 e. The molecule has 1 aromatic rings. The highest BCUT2D eigenvalue weighted by molar-refractivity contribution is 7.91. The van der Waals surface area contributed by atoms with Gasteiger partial charge in [-0.1, -0.05) is 41.9 Å². The van der Waals surface area contributed by atoms with Crippen LogP contribution >= 0.6 is 11.6 Å². The van der Waals surface area contributed by atoms with Gasteiger partial charge in [-0.2, -0.15) is 5.10 Å². The summed E-state index contributed by atoms with van der Waals surface area (Å²) in [6.07, 6.45) is 3.43. The van der Waals surface area contributed by atoms with Crippen molar-refractivity contribution in [3.63, 3.8) is 0 Å². The van der Waals surface area contributed by atoms with Crippen molar-refractivity contribution in [2.45, 2.75) is 12.5 Å². The molecule has 2 rings (SSSR count). The minimum Gasteiger partial charge on any atom is -0.333 e. The molecular weight excluding hydrogens is 326 g/mol. The van der Waals surface area contributed by atoms with Gasteiger partial charge < -0.3 is 5.32 Å². The molecule has 6 nitrogen and oxygen atoms in total. The Morgan fingerprint density at radius 3 is 2.68 bits per heavy atom. The van der Waals surface area contributed by atoms with Gasteiger partial charge in [0.15, 0.2) is 9.84 Å². The van der Waals surface area contributed by atoms with E-state index in [2.05, 4.69) is 15.8 Å². The Kier molecular flexibility index (Phi) is 5.57. The summed E-state index contributed by atoms with van der Waals surface area (Å²) in [5, 5.41) is 6.62. The first-order chi connectivity index (χ1) is 10.4. The first-order valence-electron chi connectivity index (χ1n) is 6.67. The molecular formula is C14H16ClN3O3S. The lowest BCUT2D eigenvalue weighted by Crippen LogP contribution is -2.40. The van der Waals surface area contributed by atoms with E-state index in [-0.39, 0.29) is 17.5 Å². The highest BCUT2D eigenvalue weighted by atomic mass is 35.5. The summed E-state index contributed by atoms with van der Waals surface area (Å²) in [6.45, 7) is 0. The fourth-order valence-corrected chi connectivity index (χ4v) is 3.87. The van der Waals surface area contributed by atoms with Crippen LogP contribution in [0.2, 0.25) is 0 Å². The number of urea groups is 1. The quantitative estimate of drug-likeness (QED) is 0.646. The normalized spacial score (nSPS) is 21.0. The number of allylic oxidation sites excluding steroid dienone is 1. The number of carbonyl (C=O) groups excluding carboxylic acids is 1. The van der Waals surface area contributed by atoms with E-state index in [0.717, 1.165) is 5.56 Å². The van der Waals surface area contributed by atoms with E-state index in [9.17, 15) is 13.2 Å². The number of nitrogens with zero attached hydrogens (tertiary/aromatic N) is 1. The van der Waals surface area contributed by atoms with Crippen molar-refractivity contribution in [3.05, 3.63) is 40.9 Å². The maximum absolute atomic E-state index is 11.6. The summed E-state index contributed by atoms with van der Waals surface area (Å²) < 4.78 is 22.5. The highest BCUT2D eigenvalue weighted by Crippen LogP contribution is 2.11. The minimum atomic E-state index is -3.02. The molecule has 0 spiro atoms. The Morgan fingerprint density at radius 1 is 1.32 bits per heavy atom. The molecule has 1 aliphatic rings. The number of hydrogen-bond donors (Lipinski definition) is 2. The van der Waals surface area contributed by atoms with Crippen molar-refractivity contribution in [2.75, 3.05) is 11.5 Å². The number of halogens is 1. The van der Waals surface area contributed by atoms with Gasteiger partial charge in [0.2, 0.25) is 0 Å². The third-order valence-corrected chi connectivity index (χ3v) is 5.00. The molecule has 1 aromatic carbocycles. The Hall–Kier alpha value is -1.86. The van der Waals surface area contributed by atoms with E-state index in [0.29, 0.717) is 11.5 Å². The number of sulfone groups is 1. The fourth-order valence-electron chi connectivity index (χ4n) is 2.02. The lowest BCUT2D eigenvalue weighted by Gasteiger charge is -2.09. The van der Waals surface area contributed by atoms with Gasteiger partial charge in [0, 0.05) is 6.04 Å². The van der Waals surface area contributed by atoms with E-state index in [1.807, 2.05) is 30.3 Å². The van der Waals surface area contributed by atoms with E-state index >= 15 is 0 Å². The zero-order valence-corrected chi connectivity index (χ0v) is 13.3. The van der Waals surface area contributed by atoms with Crippen molar-refractivity contribution in [1.82, 2.24) is 10.7 Å². The molecule has 118 valence electrons. The first-order valence-corrected chi connectivity index (χ1v) is 8.87. The zero-order chi connectivity index (χ0) is 16.0. The molecule has 0 radical (unpaired) electrons. The topological polar surface area (TPSA) is 87.6 Å². The Balaban J connectivity index is 1.79. The number of nitrogens with one attached hydrogen (secondary N) is 2. The lowest BCUT2D eigenvalue weighted by atomic mass is 10.2. The number of benzene rings is 1. The van der Waals surface area contributed by atoms with Gasteiger partial charge in [-0.25, -0.2) is 18.6 Å². The third kappa shape index (κ3) is 5.50. The number of hydrogen-bond acceptors (Lipinski definition) is 4. The predicted molar refractivity (Wildman–Crippen MR) is 87.5 cm³/mol. The van der Waals surface area contributed by atoms with E-state index in [1.54, 1.807) is 6.08 Å². The second kappa shape index (κ2) is 7.42. The molecule has 2 N–H and O–H groups in total. The number of carbonyl (C=O) groups is 1. The van der Waals surface area contributed by atoms with Crippen LogP contribution in [-0.2, 0) is 9.84 Å². The van der Waals surface area contributed by atoms with Crippen molar-refractivity contribution >= 4 is 39.8 Å². The van der Waals surface area contributed by atoms with Crippen molar-refractivity contribution < 1.29 is 13.2 Å². The van der Waals surface area contributed by atoms with Crippen LogP contribution in [0.4, 0.5) is 4.79 Å². The van der Waals surface area contributed by atoms with Crippen LogP contribution in [0.1, 0.15) is 12.0 Å². The monoisotopic (exact) mass is 341 g/mol. The highest BCUT2D eigenvalue weighted by Gasteiger charge is 2.28. The van der Waals surface area contributed by atoms with Gasteiger partial charge in [0.05, 0.1) is 22.8 Å². The lowest BCUT2D eigenvalue weighted by molar-refractivity contribution is 0.238. The van der Waals surface area contributed by atoms with Crippen molar-refractivity contribution in [1.29, 1.82) is 0 Å². The smallest absolute Gasteiger partial charge is 0.333 e. The molecule has 1 saturated heterocycles. The SMILES string of the molecule is O=C(NN=CC(Cl)=Cc1ccccc1)NC1CCS(=O)(=O)C1. The molecule has 0 bridgehead atoms. The summed E-state index contributed by atoms with van der Waals surface area (Å²) in [6, 6.07) is 8.52. The standard InChI is InChI=1S/C14H16ClN3O3S/c15-12(8-11-4-2-1-3-5-11)9-16-18-14(19)17-13-6-7-22(20,21)10-13/h1-5,8-9,13H,6-7,10H2,(H2,17,18,19). The van der Waals surface area contributed by atoms with Gasteiger partial charge in [0.1, 0.15) is 0 Å². The summed E-state index contributed by atoms with van der Waals surface area (Å²) >= 11 is 5.97. The molecule has 1 heterocycles. The first kappa shape index (κ1) is 16.5. The van der Waals surface area contributed by atoms with E-state index in [4.69, 9.17) is 11.6 Å². The van der Waals surface area contributed by atoms with Gasteiger partial charge in [-0.15, -0.1) is 0 Å². The average molecular weight is 342 g/mol. The average Bonchev–Trinajstić information content (AvgIpc) is 2.79. The van der Waals surface area contributed by atoms with Gasteiger partial charge in [0.25, 0.3) is 0 Å². The van der Waals surface area contributed by atoms with E-state index < -0.39 is 15.9 Å². The largest absolute Gasteiger partial charge is 0.335 e. The fraction of sp³-hybridized carbons (Fsp3) is 0.286. The molecule has 1 atom stereocenters. The molecule has 0 aliphatic carbocycles. The van der Waals surface area contributed by atoms with Crippen LogP contribution in [0.3, 0.4) is 0 Å². The van der Waals surface area contributed by atoms with Crippen LogP contribution < -0.4 is 10.7 Å². The summed E-state index contributed by atoms with van der Waals surface area (Å²) in [7, 11) is -3.02. The molecule has 2 amide bonds. The van der Waals surface area contributed by atoms with Crippen molar-refractivity contribution in [2.24, 2.45) is 5.10 Å². The van der Waals surface area contributed by atoms with Crippen LogP contribution in [0.5, 0.6) is 0 Å². The second-order valence-corrected chi connectivity index (χ2v) is 7.55. The molecule has 1 aliphatic heterocycles. The summed E-state index contributed by atoms with van der Waals surface area (Å²) in [5.41, 5.74) is 3.17. The van der Waals surface area contributed by atoms with Crippen LogP contribution in [0.15, 0.2) is 40.5 Å². The molecule has 22 heavy (non-hydrogen) atoms. The van der Waals surface area contributed by atoms with Crippen LogP contribution in [0.25, 0.3) is 6.08 Å². The summed E-state index contributed by atoms with van der Waals surface area (Å²) in [4.78, 5) is 11.6. The van der Waals surface area contributed by atoms with E-state index in [1.165, 1.54) is 6.21 Å². The molecule has 0 aromatic heterocycles. The van der Waals surface area contributed by atoms with Gasteiger partial charge in [-0.3, -0.25) is 0 Å². The Bertz CT molecular complexity index is 687. The Morgan fingerprint density at radius 2 is 2.05 bits per heavy atom. The maximum atomic E-state index is 11.6. The minimum absolute atomic E-state index is 0.0290. The number of rotatable bonds is 4. The molecule has 0 saturated carbocycles. The second-order valence-electron chi connectivity index (χ2n) is 4.88. The summed E-state index contributed by atoms with van der Waals surface area (Å²) in [5.74, 6) is 0.0751. The van der Waals surface area contributed by atoms with Gasteiger partial charge >= 0.3 is 6.03 Å². The van der Waals surface area contributed by atoms with Crippen LogP contribution in [0, 0.1) is 0 Å². The zero-order valence-electron chi connectivity index (χ0n) is 11.7. The number of hydrazone groups is 1. The third-order valence-electron chi connectivity index (χ3n) is 3.03. The number of amides is 2. The Labute approximate surface area is 134 Å². The van der Waals surface area contributed by atoms with Gasteiger partial charge in [-0.05, 0) is 18.1 Å².